The summed E-state index contributed by atoms with van der Waals surface area (Å²) in [7, 11) is -3.56. The lowest BCUT2D eigenvalue weighted by molar-refractivity contribution is 0.0951. The van der Waals surface area contributed by atoms with Crippen LogP contribution in [0.5, 0.6) is 0 Å². The number of amides is 1. The first-order valence-corrected chi connectivity index (χ1v) is 9.42. The van der Waals surface area contributed by atoms with Crippen LogP contribution in [-0.2, 0) is 23.1 Å². The zero-order valence-electron chi connectivity index (χ0n) is 14.3. The third-order valence-corrected chi connectivity index (χ3v) is 4.96. The minimum atomic E-state index is -3.56. The maximum absolute atomic E-state index is 12.2. The van der Waals surface area contributed by atoms with Gasteiger partial charge in [-0.15, -0.1) is 0 Å². The van der Waals surface area contributed by atoms with Crippen molar-refractivity contribution in [3.8, 4) is 0 Å². The van der Waals surface area contributed by atoms with Gasteiger partial charge in [-0.05, 0) is 31.5 Å². The fourth-order valence-electron chi connectivity index (χ4n) is 2.22. The summed E-state index contributed by atoms with van der Waals surface area (Å²) in [4.78, 5) is 12.3. The van der Waals surface area contributed by atoms with E-state index in [9.17, 15) is 13.2 Å². The van der Waals surface area contributed by atoms with Gasteiger partial charge in [-0.25, -0.2) is 13.1 Å². The Kier molecular flexibility index (Phi) is 6.29. The highest BCUT2D eigenvalue weighted by atomic mass is 32.2. The first kappa shape index (κ1) is 19.1. The van der Waals surface area contributed by atoms with Gasteiger partial charge in [0.15, 0.2) is 0 Å². The molecule has 8 nitrogen and oxygen atoms in total. The minimum Gasteiger partial charge on any atom is -0.348 e. The van der Waals surface area contributed by atoms with E-state index in [-0.39, 0.29) is 23.4 Å². The average Bonchev–Trinajstić information content (AvgIpc) is 3.01. The maximum atomic E-state index is 12.2. The van der Waals surface area contributed by atoms with E-state index in [0.29, 0.717) is 24.2 Å². The van der Waals surface area contributed by atoms with Crippen LogP contribution < -0.4 is 15.8 Å². The molecule has 0 unspecified atom stereocenters. The third-order valence-electron chi connectivity index (χ3n) is 3.31. The minimum absolute atomic E-state index is 0.170. The number of sulfonamides is 1. The van der Waals surface area contributed by atoms with E-state index in [0.717, 1.165) is 0 Å². The number of hydrogen-bond acceptors (Lipinski definition) is 5. The number of hydrogen-bond donors (Lipinski definition) is 3. The van der Waals surface area contributed by atoms with E-state index in [2.05, 4.69) is 15.1 Å². The SMILES string of the molecule is CC(C)NS(=O)(=O)c1cccc(CNC(=O)c2cnn(CCN)c2)c1. The maximum Gasteiger partial charge on any atom is 0.254 e. The molecule has 1 heterocycles. The van der Waals surface area contributed by atoms with Gasteiger partial charge in [0.2, 0.25) is 10.0 Å². The monoisotopic (exact) mass is 365 g/mol. The lowest BCUT2D eigenvalue weighted by Crippen LogP contribution is -2.30. The standard InChI is InChI=1S/C16H23N5O3S/c1-12(2)20-25(23,24)15-5-3-4-13(8-15)9-18-16(22)14-10-19-21(11-14)7-6-17/h3-5,8,10-12,20H,6-7,9,17H2,1-2H3,(H,18,22). The lowest BCUT2D eigenvalue weighted by atomic mass is 10.2. The number of benzene rings is 1. The summed E-state index contributed by atoms with van der Waals surface area (Å²) in [6.45, 7) is 4.70. The van der Waals surface area contributed by atoms with E-state index in [1.165, 1.54) is 12.3 Å². The molecular weight excluding hydrogens is 342 g/mol. The Balaban J connectivity index is 2.03. The summed E-state index contributed by atoms with van der Waals surface area (Å²) in [5.74, 6) is -0.281. The molecule has 136 valence electrons. The first-order valence-electron chi connectivity index (χ1n) is 7.94. The Bertz CT molecular complexity index is 830. The normalized spacial score (nSPS) is 11.7. The number of nitrogens with one attached hydrogen (secondary N) is 2. The molecular formula is C16H23N5O3S. The molecule has 0 radical (unpaired) electrons. The van der Waals surface area contributed by atoms with Crippen molar-refractivity contribution in [3.05, 3.63) is 47.8 Å². The van der Waals surface area contributed by atoms with E-state index in [1.54, 1.807) is 42.9 Å². The molecule has 2 aromatic rings. The molecule has 9 heteroatoms. The van der Waals surface area contributed by atoms with Crippen molar-refractivity contribution in [2.75, 3.05) is 6.54 Å². The van der Waals surface area contributed by atoms with E-state index in [1.807, 2.05) is 0 Å². The van der Waals surface area contributed by atoms with Crippen LogP contribution in [-0.4, -0.2) is 36.7 Å². The average molecular weight is 365 g/mol. The van der Waals surface area contributed by atoms with Crippen molar-refractivity contribution in [2.24, 2.45) is 5.73 Å². The number of carbonyl (C=O) groups is 1. The number of rotatable bonds is 8. The highest BCUT2D eigenvalue weighted by Crippen LogP contribution is 2.12. The Morgan fingerprint density at radius 3 is 2.80 bits per heavy atom. The van der Waals surface area contributed by atoms with Crippen LogP contribution in [0.25, 0.3) is 0 Å². The molecule has 0 bridgehead atoms. The second-order valence-electron chi connectivity index (χ2n) is 5.89. The lowest BCUT2D eigenvalue weighted by Gasteiger charge is -2.11. The van der Waals surface area contributed by atoms with Crippen molar-refractivity contribution in [2.45, 2.75) is 37.9 Å². The van der Waals surface area contributed by atoms with Crippen LogP contribution in [0.3, 0.4) is 0 Å². The molecule has 2 rings (SSSR count). The molecule has 0 spiro atoms. The van der Waals surface area contributed by atoms with Gasteiger partial charge in [0, 0.05) is 25.3 Å². The predicted octanol–water partition coefficient (Wildman–Crippen LogP) is 0.459. The zero-order valence-corrected chi connectivity index (χ0v) is 15.1. The van der Waals surface area contributed by atoms with E-state index >= 15 is 0 Å². The zero-order chi connectivity index (χ0) is 18.4. The first-order chi connectivity index (χ1) is 11.8. The van der Waals surface area contributed by atoms with Gasteiger partial charge in [0.05, 0.1) is 23.2 Å². The largest absolute Gasteiger partial charge is 0.348 e. The van der Waals surface area contributed by atoms with Crippen LogP contribution in [0.2, 0.25) is 0 Å². The Morgan fingerprint density at radius 2 is 2.12 bits per heavy atom. The number of aromatic nitrogens is 2. The van der Waals surface area contributed by atoms with Gasteiger partial charge in [0.25, 0.3) is 5.91 Å². The molecule has 0 aliphatic rings. The van der Waals surface area contributed by atoms with E-state index < -0.39 is 10.0 Å². The van der Waals surface area contributed by atoms with Crippen molar-refractivity contribution in [3.63, 3.8) is 0 Å². The molecule has 1 amide bonds. The predicted molar refractivity (Wildman–Crippen MR) is 94.4 cm³/mol. The fourth-order valence-corrected chi connectivity index (χ4v) is 3.54. The third kappa shape index (κ3) is 5.38. The second kappa shape index (κ2) is 8.24. The van der Waals surface area contributed by atoms with Gasteiger partial charge >= 0.3 is 0 Å². The Hall–Kier alpha value is -2.23. The number of carbonyl (C=O) groups excluding carboxylic acids is 1. The van der Waals surface area contributed by atoms with Gasteiger partial charge < -0.3 is 11.1 Å². The molecule has 1 aromatic heterocycles. The topological polar surface area (TPSA) is 119 Å². The smallest absolute Gasteiger partial charge is 0.254 e. The van der Waals surface area contributed by atoms with Gasteiger partial charge in [-0.3, -0.25) is 9.48 Å². The summed E-state index contributed by atoms with van der Waals surface area (Å²) in [5, 5.41) is 6.80. The van der Waals surface area contributed by atoms with E-state index in [4.69, 9.17) is 5.73 Å². The summed E-state index contributed by atoms with van der Waals surface area (Å²) in [6, 6.07) is 6.27. The summed E-state index contributed by atoms with van der Waals surface area (Å²) in [5.41, 5.74) is 6.56. The molecule has 0 aliphatic carbocycles. The van der Waals surface area contributed by atoms with Crippen LogP contribution in [0.15, 0.2) is 41.6 Å². The van der Waals surface area contributed by atoms with Crippen molar-refractivity contribution in [1.29, 1.82) is 0 Å². The number of nitrogens with two attached hydrogens (primary N) is 1. The summed E-state index contributed by atoms with van der Waals surface area (Å²) < 4.78 is 28.5. The molecule has 25 heavy (non-hydrogen) atoms. The molecule has 4 N–H and O–H groups in total. The van der Waals surface area contributed by atoms with Gasteiger partial charge in [-0.2, -0.15) is 5.10 Å². The van der Waals surface area contributed by atoms with Gasteiger partial charge in [-0.1, -0.05) is 12.1 Å². The van der Waals surface area contributed by atoms with Crippen molar-refractivity contribution in [1.82, 2.24) is 19.8 Å². The van der Waals surface area contributed by atoms with Crippen molar-refractivity contribution < 1.29 is 13.2 Å². The van der Waals surface area contributed by atoms with Crippen LogP contribution in [0.1, 0.15) is 29.8 Å². The molecule has 0 saturated heterocycles. The molecule has 0 saturated carbocycles. The molecule has 0 atom stereocenters. The van der Waals surface area contributed by atoms with Crippen LogP contribution in [0, 0.1) is 0 Å². The highest BCUT2D eigenvalue weighted by molar-refractivity contribution is 7.89. The molecule has 0 aliphatic heterocycles. The summed E-state index contributed by atoms with van der Waals surface area (Å²) >= 11 is 0. The van der Waals surface area contributed by atoms with Crippen molar-refractivity contribution >= 4 is 15.9 Å². The van der Waals surface area contributed by atoms with Crippen LogP contribution in [0.4, 0.5) is 0 Å². The second-order valence-corrected chi connectivity index (χ2v) is 7.60. The highest BCUT2D eigenvalue weighted by Gasteiger charge is 2.16. The van der Waals surface area contributed by atoms with Gasteiger partial charge in [0.1, 0.15) is 0 Å². The molecule has 0 fully saturated rings. The summed E-state index contributed by atoms with van der Waals surface area (Å²) in [6.07, 6.45) is 3.09. The molecule has 1 aromatic carbocycles. The number of nitrogens with zero attached hydrogens (tertiary/aromatic N) is 2. The Labute approximate surface area is 147 Å². The van der Waals surface area contributed by atoms with Crippen LogP contribution >= 0.6 is 0 Å². The quantitative estimate of drug-likeness (QED) is 0.628. The fraction of sp³-hybridized carbons (Fsp3) is 0.375. The Morgan fingerprint density at radius 1 is 1.36 bits per heavy atom.